The molecule has 0 spiro atoms. The topological polar surface area (TPSA) is 457 Å². The average molecular weight is 1540 g/mol. The molecule has 2 saturated heterocycles. The highest BCUT2D eigenvalue weighted by Gasteiger charge is 2.52. The maximum Gasteiger partial charge on any atom is 0.410 e. The number of nitrogens with one attached hydrogen (secondary N) is 7. The van der Waals surface area contributed by atoms with Crippen molar-refractivity contribution in [2.45, 2.75) is 134 Å². The van der Waals surface area contributed by atoms with Crippen LogP contribution in [0.3, 0.4) is 0 Å². The molecule has 2 aliphatic heterocycles. The minimum atomic E-state index is -4.40. The van der Waals surface area contributed by atoms with E-state index in [0.717, 1.165) is 32.0 Å². The van der Waals surface area contributed by atoms with Crippen LogP contribution in [0.4, 0.5) is 26.0 Å². The number of aliphatic hydroxyl groups excluding tert-OH is 1. The smallest absolute Gasteiger partial charge is 0.410 e. The number of amides is 8. The Balaban J connectivity index is 0.676. The summed E-state index contributed by atoms with van der Waals surface area (Å²) in [6, 6.07) is 11.3. The number of hydrogen-bond donors (Lipinski definition) is 11. The Labute approximate surface area is 614 Å². The fraction of sp³-hybridized carbons (Fsp3) is 0.545. The highest BCUT2D eigenvalue weighted by atomic mass is 32.7. The molecule has 14 atom stereocenters. The fourth-order valence-electron chi connectivity index (χ4n) is 12.7. The van der Waals surface area contributed by atoms with Gasteiger partial charge in [-0.25, -0.2) is 38.5 Å². The van der Waals surface area contributed by atoms with Gasteiger partial charge in [0.15, 0.2) is 17.4 Å². The Morgan fingerprint density at radius 2 is 1.58 bits per heavy atom. The lowest BCUT2D eigenvalue weighted by molar-refractivity contribution is -0.132. The summed E-state index contributed by atoms with van der Waals surface area (Å²) >= 11 is 8.44. The molecule has 568 valence electrons. The van der Waals surface area contributed by atoms with E-state index in [1.165, 1.54) is 35.1 Å². The first-order valence-electron chi connectivity index (χ1n) is 34.2. The number of ether oxygens (including phenoxy) is 6. The molecule has 39 heteroatoms. The molecule has 0 radical (unpaired) electrons. The van der Waals surface area contributed by atoms with Crippen LogP contribution in [0.25, 0.3) is 11.2 Å². The van der Waals surface area contributed by atoms with Gasteiger partial charge in [0, 0.05) is 81.8 Å². The maximum atomic E-state index is 14.1. The molecule has 10 rings (SSSR count). The van der Waals surface area contributed by atoms with E-state index in [2.05, 4.69) is 93.2 Å². The first kappa shape index (κ1) is 79.3. The number of fused-ring (bicyclic) bond motifs is 5. The van der Waals surface area contributed by atoms with Crippen LogP contribution in [-0.2, 0) is 78.4 Å². The van der Waals surface area contributed by atoms with E-state index in [-0.39, 0.29) is 120 Å². The Hall–Kier alpha value is -8.24. The number of nitrogens with zero attached hydrogens (tertiary/aromatic N) is 6. The lowest BCUT2D eigenvalue weighted by Gasteiger charge is -2.26. The van der Waals surface area contributed by atoms with Gasteiger partial charge >= 0.3 is 31.8 Å². The summed E-state index contributed by atoms with van der Waals surface area (Å²) in [4.78, 5) is 126. The fourth-order valence-corrected chi connectivity index (χ4v) is 15.7. The summed E-state index contributed by atoms with van der Waals surface area (Å²) in [6.07, 6.45) is -0.130. The summed E-state index contributed by atoms with van der Waals surface area (Å²) in [7, 11) is 1.45. The monoisotopic (exact) mass is 1540 g/mol. The Morgan fingerprint density at radius 1 is 0.848 bits per heavy atom. The van der Waals surface area contributed by atoms with Crippen molar-refractivity contribution in [2.24, 2.45) is 35.3 Å². The van der Waals surface area contributed by atoms with Crippen molar-refractivity contribution in [1.82, 2.24) is 55.7 Å². The number of imidazole rings is 1. The summed E-state index contributed by atoms with van der Waals surface area (Å²) in [5.74, 6) is 4.38. The van der Waals surface area contributed by atoms with Crippen molar-refractivity contribution in [3.8, 4) is 17.7 Å². The maximum absolute atomic E-state index is 14.1. The van der Waals surface area contributed by atoms with Crippen LogP contribution in [-0.4, -0.2) is 190 Å². The van der Waals surface area contributed by atoms with Crippen molar-refractivity contribution in [3.63, 3.8) is 0 Å². The zero-order valence-corrected chi connectivity index (χ0v) is 61.3. The molecule has 3 aromatic heterocycles. The first-order valence-corrected chi connectivity index (χ1v) is 39.6. The Kier molecular flexibility index (Phi) is 28.2. The van der Waals surface area contributed by atoms with Crippen molar-refractivity contribution in [2.75, 3.05) is 77.0 Å². The predicted molar refractivity (Wildman–Crippen MR) is 381 cm³/mol. The zero-order valence-electron chi connectivity index (χ0n) is 57.7. The number of carbonyl (C=O) groups is 7. The third-order valence-corrected chi connectivity index (χ3v) is 21.4. The van der Waals surface area contributed by atoms with Crippen LogP contribution < -0.4 is 47.9 Å². The molecular weight excluding hydrogens is 1450 g/mol. The molecule has 35 nitrogen and oxygen atoms in total. The number of aromatic nitrogens is 6. The lowest BCUT2D eigenvalue weighted by atomic mass is 10.0. The highest BCUT2D eigenvalue weighted by molar-refractivity contribution is 8.44. The normalized spacial score (nSPS) is 25.4. The molecule has 4 fully saturated rings. The largest absolute Gasteiger partial charge is 0.474 e. The van der Waals surface area contributed by atoms with E-state index >= 15 is 0 Å². The van der Waals surface area contributed by atoms with Crippen LogP contribution in [0.15, 0.2) is 78.2 Å². The number of carbonyl (C=O) groups excluding carboxylic acids is 7. The molecule has 3 aliphatic carbocycles. The average Bonchev–Trinajstić information content (AvgIpc) is 1.62. The molecule has 2 aromatic carbocycles. The van der Waals surface area contributed by atoms with Crippen LogP contribution in [0.1, 0.15) is 99.3 Å². The number of rotatable bonds is 30. The van der Waals surface area contributed by atoms with E-state index < -0.39 is 128 Å². The molecule has 2 saturated carbocycles. The molecule has 5 heterocycles. The van der Waals surface area contributed by atoms with Gasteiger partial charge in [0.25, 0.3) is 11.5 Å². The molecular formula is C66H86N14O21P2S2. The van der Waals surface area contributed by atoms with Crippen molar-refractivity contribution in [1.29, 1.82) is 0 Å². The van der Waals surface area contributed by atoms with Crippen LogP contribution >= 0.6 is 38.1 Å². The van der Waals surface area contributed by atoms with E-state index in [1.54, 1.807) is 62.4 Å². The van der Waals surface area contributed by atoms with Gasteiger partial charge in [-0.3, -0.25) is 52.4 Å². The molecule has 105 heavy (non-hydrogen) atoms. The van der Waals surface area contributed by atoms with Gasteiger partial charge in [0.05, 0.1) is 58.7 Å². The number of H-pyrrole nitrogens is 1. The molecule has 10 N–H and O–H groups in total. The number of alkyl carbamates (subject to hydrolysis) is 1. The van der Waals surface area contributed by atoms with Crippen molar-refractivity contribution >= 4 is 103 Å². The van der Waals surface area contributed by atoms with E-state index in [9.17, 15) is 52.6 Å². The van der Waals surface area contributed by atoms with E-state index in [1.807, 2.05) is 0 Å². The number of thiol groups is 2. The summed E-state index contributed by atoms with van der Waals surface area (Å²) in [5.41, 5.74) is 5.28. The van der Waals surface area contributed by atoms with Crippen LogP contribution in [0, 0.1) is 41.4 Å². The predicted octanol–water partition coefficient (Wildman–Crippen LogP) is 5.54. The number of aliphatic hydroxyl groups is 1. The number of urea groups is 1. The number of hydrogen-bond acceptors (Lipinski definition) is 25. The quantitative estimate of drug-likeness (QED) is 0.0116. The Morgan fingerprint density at radius 3 is 2.31 bits per heavy atom. The highest BCUT2D eigenvalue weighted by Crippen LogP contribution is 2.61. The second-order valence-electron chi connectivity index (χ2n) is 26.0. The van der Waals surface area contributed by atoms with Crippen molar-refractivity contribution in [3.05, 3.63) is 100 Å². The van der Waals surface area contributed by atoms with E-state index in [4.69, 9.17) is 52.2 Å². The van der Waals surface area contributed by atoms with Gasteiger partial charge in [0.2, 0.25) is 29.5 Å². The molecule has 2 bridgehead atoms. The third-order valence-electron chi connectivity index (χ3n) is 18.1. The van der Waals surface area contributed by atoms with E-state index in [0.29, 0.717) is 41.2 Å². The molecule has 8 amide bonds. The number of anilines is 2. The van der Waals surface area contributed by atoms with Crippen LogP contribution in [0.2, 0.25) is 0 Å². The SMILES string of the molecule is CC(C)[C@H](NC(=O)CCOCCOCCNC(=O)OC[C@@H]1[C@@H]2CCC#CCC[C@@H]21)C(=O)N[C@@H](CCCNC(N)=O)C(=O)Nc1ccc(COC(=O)N(C)Cc2ccccc2C(=O)Nc2nc3c(ncn3[C@@H]3O[C@@H]4CO[P@@](=O)(S)O[C@H]5C[C@H](Oc6ccncn6)C[C@@H]5CO[P@@](=O)(S)O[C@@H]3[C@@H]4O)c(=O)[nH]2)cc1. The summed E-state index contributed by atoms with van der Waals surface area (Å²) in [5, 5.41) is 27.6. The number of aromatic amines is 1. The standard InChI is InChI=1S/C66H86N14O21P2S2/c1-38(2)53(75-51(81)21-25-92-27-28-93-26-24-70-65(88)94-34-47-45-13-6-4-5-7-14-46(45)47)60(85)74-48(15-10-22-69-63(67)87)59(84)73-42-18-16-39(17-19-42)32-95-66(89)79(3)31-40-11-8-9-12-44(40)58(83)77-64-76-57-54(61(86)78-64)72-37-80(57)62-56-55(82)50(99-62)35-97-102(90,104)100-49-30-43(98-52-20-23-68-36-71-52)29-41(49)33-96-103(91,105)101-56/h8-9,11-12,16-20,23,36-38,41,43,45-50,53,55-56,62,82H,6-7,10,13-15,21-22,24-35H2,1-3H3,(H,70,88)(H,73,84)(H,74,85)(H,75,81)(H,90,104)(H,91,105)(H3,67,69,87)(H2,76,77,78,83,86)/t41-,43-,45-,46+,47-,48+,49+,50-,53+,55-,56-,62-,102-,103-/m1/s1. The number of benzene rings is 2. The van der Waals surface area contributed by atoms with Gasteiger partial charge in [-0.05, 0) is 85.1 Å². The van der Waals surface area contributed by atoms with Gasteiger partial charge in [-0.15, -0.1) is 11.8 Å². The van der Waals surface area contributed by atoms with Gasteiger partial charge in [0.1, 0.15) is 49.4 Å². The van der Waals surface area contributed by atoms with Gasteiger partial charge in [-0.1, -0.05) is 68.7 Å². The minimum Gasteiger partial charge on any atom is -0.474 e. The van der Waals surface area contributed by atoms with Crippen LogP contribution in [0.5, 0.6) is 5.88 Å². The number of nitrogens with two attached hydrogens (primary N) is 1. The second kappa shape index (κ2) is 37.3. The molecule has 0 unspecified atom stereocenters. The Bertz CT molecular complexity index is 4080. The second-order valence-corrected chi connectivity index (χ2v) is 31.7. The van der Waals surface area contributed by atoms with Gasteiger partial charge in [-0.2, -0.15) is 4.98 Å². The summed E-state index contributed by atoms with van der Waals surface area (Å²) < 4.78 is 86.4. The molecule has 5 aromatic rings. The summed E-state index contributed by atoms with van der Waals surface area (Å²) in [6.45, 7) is -4.96. The third kappa shape index (κ3) is 22.9. The minimum absolute atomic E-state index is 0.0314. The van der Waals surface area contributed by atoms with Crippen molar-refractivity contribution < 1.29 is 94.3 Å². The van der Waals surface area contributed by atoms with Gasteiger partial charge < -0.3 is 75.3 Å². The number of primary amides is 1. The molecule has 5 aliphatic rings. The zero-order chi connectivity index (χ0) is 74.8. The lowest BCUT2D eigenvalue weighted by Crippen LogP contribution is -2.54. The first-order chi connectivity index (χ1) is 50.4.